The number of rotatable bonds is 4. The second kappa shape index (κ2) is 4.77. The molecule has 0 aliphatic heterocycles. The fourth-order valence-corrected chi connectivity index (χ4v) is 2.25. The van der Waals surface area contributed by atoms with Gasteiger partial charge in [0.15, 0.2) is 0 Å². The molecule has 6 nitrogen and oxygen atoms in total. The SMILES string of the molecule is CC1(C)CC1CNC(=O)c1ccnc(Cl)c1[N+](=O)[O-]. The highest BCUT2D eigenvalue weighted by molar-refractivity contribution is 6.32. The molecule has 7 heteroatoms. The van der Waals surface area contributed by atoms with Gasteiger partial charge in [0.1, 0.15) is 5.56 Å². The predicted molar refractivity (Wildman–Crippen MR) is 70.1 cm³/mol. The lowest BCUT2D eigenvalue weighted by Crippen LogP contribution is -2.27. The molecule has 1 aliphatic rings. The molecule has 1 unspecified atom stereocenters. The van der Waals surface area contributed by atoms with Crippen molar-refractivity contribution in [1.29, 1.82) is 0 Å². The van der Waals surface area contributed by atoms with Crippen LogP contribution >= 0.6 is 11.6 Å². The first-order valence-corrected chi connectivity index (χ1v) is 6.28. The lowest BCUT2D eigenvalue weighted by atomic mass is 10.1. The molecule has 19 heavy (non-hydrogen) atoms. The Balaban J connectivity index is 2.11. The Morgan fingerprint density at radius 3 is 2.84 bits per heavy atom. The lowest BCUT2D eigenvalue weighted by Gasteiger charge is -2.07. The Labute approximate surface area is 115 Å². The minimum Gasteiger partial charge on any atom is -0.352 e. The fourth-order valence-electron chi connectivity index (χ4n) is 2.02. The van der Waals surface area contributed by atoms with Gasteiger partial charge in [0.2, 0.25) is 5.15 Å². The molecule has 1 aromatic heterocycles. The zero-order valence-electron chi connectivity index (χ0n) is 10.6. The largest absolute Gasteiger partial charge is 0.352 e. The number of pyridine rings is 1. The Morgan fingerprint density at radius 1 is 1.68 bits per heavy atom. The van der Waals surface area contributed by atoms with Gasteiger partial charge in [0, 0.05) is 12.7 Å². The summed E-state index contributed by atoms with van der Waals surface area (Å²) in [5, 5.41) is 13.3. The van der Waals surface area contributed by atoms with Crippen molar-refractivity contribution in [3.8, 4) is 0 Å². The molecule has 0 aromatic carbocycles. The quantitative estimate of drug-likeness (QED) is 0.522. The third kappa shape index (κ3) is 2.84. The van der Waals surface area contributed by atoms with Crippen LogP contribution in [0.5, 0.6) is 0 Å². The molecule has 0 saturated heterocycles. The third-order valence-corrected chi connectivity index (χ3v) is 3.81. The van der Waals surface area contributed by atoms with Crippen LogP contribution in [-0.4, -0.2) is 22.4 Å². The molecule has 1 N–H and O–H groups in total. The van der Waals surface area contributed by atoms with E-state index in [0.29, 0.717) is 12.5 Å². The van der Waals surface area contributed by atoms with Crippen LogP contribution in [0.2, 0.25) is 5.15 Å². The van der Waals surface area contributed by atoms with E-state index < -0.39 is 16.5 Å². The van der Waals surface area contributed by atoms with Crippen LogP contribution in [0.1, 0.15) is 30.6 Å². The van der Waals surface area contributed by atoms with E-state index in [1.807, 2.05) is 0 Å². The van der Waals surface area contributed by atoms with Crippen molar-refractivity contribution in [2.45, 2.75) is 20.3 Å². The molecule has 1 aromatic rings. The summed E-state index contributed by atoms with van der Waals surface area (Å²) in [5.74, 6) is -0.0634. The summed E-state index contributed by atoms with van der Waals surface area (Å²) < 4.78 is 0. The summed E-state index contributed by atoms with van der Waals surface area (Å²) in [6.07, 6.45) is 2.33. The number of amides is 1. The van der Waals surface area contributed by atoms with Crippen LogP contribution in [0.25, 0.3) is 0 Å². The van der Waals surface area contributed by atoms with Gasteiger partial charge < -0.3 is 5.32 Å². The number of hydrogen-bond acceptors (Lipinski definition) is 4. The highest BCUT2D eigenvalue weighted by Gasteiger charge is 2.45. The monoisotopic (exact) mass is 283 g/mol. The Morgan fingerprint density at radius 2 is 2.32 bits per heavy atom. The average molecular weight is 284 g/mol. The first-order valence-electron chi connectivity index (χ1n) is 5.90. The first kappa shape index (κ1) is 13.7. The minimum atomic E-state index is -0.689. The van der Waals surface area contributed by atoms with Crippen LogP contribution in [0.4, 0.5) is 5.69 Å². The van der Waals surface area contributed by atoms with E-state index in [4.69, 9.17) is 11.6 Å². The second-order valence-corrected chi connectivity index (χ2v) is 5.71. The second-order valence-electron chi connectivity index (χ2n) is 5.35. The van der Waals surface area contributed by atoms with Crippen molar-refractivity contribution in [1.82, 2.24) is 10.3 Å². The van der Waals surface area contributed by atoms with Gasteiger partial charge in [-0.25, -0.2) is 4.98 Å². The highest BCUT2D eigenvalue weighted by Crippen LogP contribution is 2.51. The molecule has 0 spiro atoms. The average Bonchev–Trinajstić information content (AvgIpc) is 2.93. The van der Waals surface area contributed by atoms with E-state index >= 15 is 0 Å². The van der Waals surface area contributed by atoms with Gasteiger partial charge in [-0.2, -0.15) is 0 Å². The van der Waals surface area contributed by atoms with Crippen LogP contribution < -0.4 is 5.32 Å². The number of hydrogen-bond donors (Lipinski definition) is 1. The zero-order valence-corrected chi connectivity index (χ0v) is 11.4. The minimum absolute atomic E-state index is 0.0524. The zero-order chi connectivity index (χ0) is 14.2. The van der Waals surface area contributed by atoms with Crippen LogP contribution in [0, 0.1) is 21.4 Å². The van der Waals surface area contributed by atoms with Crippen LogP contribution in [0.3, 0.4) is 0 Å². The number of nitrogens with zero attached hydrogens (tertiary/aromatic N) is 2. The van der Waals surface area contributed by atoms with Gasteiger partial charge in [-0.3, -0.25) is 14.9 Å². The summed E-state index contributed by atoms with van der Waals surface area (Å²) >= 11 is 5.66. The molecule has 1 amide bonds. The molecule has 2 rings (SSSR count). The number of halogens is 1. The van der Waals surface area contributed by atoms with Gasteiger partial charge in [0.05, 0.1) is 4.92 Å². The number of nitro groups is 1. The van der Waals surface area contributed by atoms with E-state index in [1.165, 1.54) is 12.3 Å². The highest BCUT2D eigenvalue weighted by atomic mass is 35.5. The summed E-state index contributed by atoms with van der Waals surface area (Å²) in [6, 6.07) is 1.30. The molecule has 1 heterocycles. The molecule has 1 fully saturated rings. The number of nitrogens with one attached hydrogen (secondary N) is 1. The maximum absolute atomic E-state index is 12.0. The molecule has 1 atom stereocenters. The van der Waals surface area contributed by atoms with E-state index in [0.717, 1.165) is 6.42 Å². The molecule has 1 aliphatic carbocycles. The Kier molecular flexibility index (Phi) is 3.45. The lowest BCUT2D eigenvalue weighted by molar-refractivity contribution is -0.385. The summed E-state index contributed by atoms with van der Waals surface area (Å²) in [7, 11) is 0. The van der Waals surface area contributed by atoms with Crippen molar-refractivity contribution in [2.24, 2.45) is 11.3 Å². The Bertz CT molecular complexity index is 545. The maximum atomic E-state index is 12.0. The summed E-state index contributed by atoms with van der Waals surface area (Å²) in [5.41, 5.74) is -0.255. The molecule has 0 radical (unpaired) electrons. The maximum Gasteiger partial charge on any atom is 0.319 e. The van der Waals surface area contributed by atoms with Gasteiger partial charge in [-0.15, -0.1) is 0 Å². The van der Waals surface area contributed by atoms with Crippen molar-refractivity contribution < 1.29 is 9.72 Å². The molecular weight excluding hydrogens is 270 g/mol. The fraction of sp³-hybridized carbons (Fsp3) is 0.500. The molecular formula is C12H14ClN3O3. The smallest absolute Gasteiger partial charge is 0.319 e. The normalized spacial score (nSPS) is 19.8. The number of aromatic nitrogens is 1. The van der Waals surface area contributed by atoms with Gasteiger partial charge in [0.25, 0.3) is 5.91 Å². The molecule has 1 saturated carbocycles. The standard InChI is InChI=1S/C12H14ClN3O3/c1-12(2)5-7(12)6-15-11(17)8-3-4-14-10(13)9(8)16(18)19/h3-4,7H,5-6H2,1-2H3,(H,15,17). The number of carbonyl (C=O) groups is 1. The van der Waals surface area contributed by atoms with Crippen molar-refractivity contribution in [3.63, 3.8) is 0 Å². The molecule has 102 valence electrons. The van der Waals surface area contributed by atoms with E-state index in [1.54, 1.807) is 0 Å². The Hall–Kier alpha value is -1.69. The topological polar surface area (TPSA) is 85.1 Å². The van der Waals surface area contributed by atoms with Crippen molar-refractivity contribution >= 4 is 23.2 Å². The predicted octanol–water partition coefficient (Wildman–Crippen LogP) is 2.42. The van der Waals surface area contributed by atoms with Crippen molar-refractivity contribution in [2.75, 3.05) is 6.54 Å². The third-order valence-electron chi connectivity index (χ3n) is 3.53. The molecule has 0 bridgehead atoms. The van der Waals surface area contributed by atoms with E-state index in [9.17, 15) is 14.9 Å². The van der Waals surface area contributed by atoms with E-state index in [2.05, 4.69) is 24.1 Å². The first-order chi connectivity index (χ1) is 8.83. The summed E-state index contributed by atoms with van der Waals surface area (Å²) in [4.78, 5) is 25.8. The van der Waals surface area contributed by atoms with Gasteiger partial charge in [-0.1, -0.05) is 25.4 Å². The van der Waals surface area contributed by atoms with Crippen LogP contribution in [0.15, 0.2) is 12.3 Å². The number of carbonyl (C=O) groups excluding carboxylic acids is 1. The van der Waals surface area contributed by atoms with Crippen LogP contribution in [-0.2, 0) is 0 Å². The van der Waals surface area contributed by atoms with Crippen molar-refractivity contribution in [3.05, 3.63) is 33.1 Å². The van der Waals surface area contributed by atoms with Gasteiger partial charge >= 0.3 is 5.69 Å². The van der Waals surface area contributed by atoms with Gasteiger partial charge in [-0.05, 0) is 23.8 Å². The van der Waals surface area contributed by atoms with E-state index in [-0.39, 0.29) is 16.1 Å². The summed E-state index contributed by atoms with van der Waals surface area (Å²) in [6.45, 7) is 4.76.